The van der Waals surface area contributed by atoms with Crippen LogP contribution in [0.5, 0.6) is 23.0 Å². The Hall–Kier alpha value is -11.0. The van der Waals surface area contributed by atoms with Gasteiger partial charge in [0.25, 0.3) is 5.69 Å². The zero-order chi connectivity index (χ0) is 104. The van der Waals surface area contributed by atoms with Crippen molar-refractivity contribution in [2.75, 3.05) is 27.9 Å². The first-order valence-electron chi connectivity index (χ1n) is 54.0. The molecule has 0 saturated heterocycles. The molecule has 0 aliphatic heterocycles. The normalized spacial score (nSPS) is 10.2. The van der Waals surface area contributed by atoms with Crippen LogP contribution in [0.25, 0.3) is 0 Å². The Labute approximate surface area is 866 Å². The lowest BCUT2D eigenvalue weighted by atomic mass is 9.95. The summed E-state index contributed by atoms with van der Waals surface area (Å²) in [5, 5.41) is 19.5. The van der Waals surface area contributed by atoms with Crippen LogP contribution in [-0.2, 0) is 83.5 Å². The van der Waals surface area contributed by atoms with Crippen molar-refractivity contribution < 1.29 is 23.9 Å². The lowest BCUT2D eigenvalue weighted by molar-refractivity contribution is -0.384. The van der Waals surface area contributed by atoms with E-state index >= 15 is 0 Å². The zero-order valence-corrected chi connectivity index (χ0v) is 92.5. The van der Waals surface area contributed by atoms with Crippen molar-refractivity contribution in [2.24, 2.45) is 0 Å². The largest absolute Gasteiger partial charge is 0.497 e. The highest BCUT2D eigenvalue weighted by atomic mass is 35.5. The first-order chi connectivity index (χ1) is 68.6. The summed E-state index contributed by atoms with van der Waals surface area (Å²) in [6.07, 6.45) is 44.4. The van der Waals surface area contributed by atoms with Crippen LogP contribution >= 0.6 is 11.6 Å². The maximum atomic E-state index is 10.3. The van der Waals surface area contributed by atoms with E-state index in [1.165, 1.54) is 251 Å². The van der Waals surface area contributed by atoms with Crippen molar-refractivity contribution in [1.82, 2.24) is 0 Å². The molecular formula is C132H187ClN2O6. The number of unbranched alkanes of at least 4 members (excludes halogenated alkanes) is 15. The van der Waals surface area contributed by atoms with E-state index < -0.39 is 0 Å². The predicted molar refractivity (Wildman–Crippen MR) is 616 cm³/mol. The monoisotopic (exact) mass is 1930 g/mol. The van der Waals surface area contributed by atoms with E-state index in [1.807, 2.05) is 97.9 Å². The molecule has 12 rings (SSSR count). The fourth-order valence-corrected chi connectivity index (χ4v) is 14.9. The lowest BCUT2D eigenvalue weighted by Crippen LogP contribution is -1.97. The number of nitriles is 1. The fourth-order valence-electron chi connectivity index (χ4n) is 14.7. The Morgan fingerprint density at radius 2 is 0.610 bits per heavy atom. The van der Waals surface area contributed by atoms with Crippen molar-refractivity contribution in [2.45, 2.75) is 361 Å². The number of aryl methyl sites for hydroxylation is 13. The zero-order valence-electron chi connectivity index (χ0n) is 91.7. The van der Waals surface area contributed by atoms with Gasteiger partial charge in [0, 0.05) is 17.2 Å². The van der Waals surface area contributed by atoms with Crippen LogP contribution in [0.2, 0.25) is 5.02 Å². The van der Waals surface area contributed by atoms with E-state index in [0.717, 1.165) is 109 Å². The summed E-state index contributed by atoms with van der Waals surface area (Å²) in [6, 6.07) is 106. The van der Waals surface area contributed by atoms with E-state index in [2.05, 4.69) is 318 Å². The molecule has 0 aromatic heterocycles. The van der Waals surface area contributed by atoms with Gasteiger partial charge in [0.1, 0.15) is 11.5 Å². The molecular weight excluding hydrogens is 1740 g/mol. The maximum Gasteiger partial charge on any atom is 0.269 e. The second-order valence-electron chi connectivity index (χ2n) is 36.0. The third-order valence-corrected chi connectivity index (χ3v) is 24.5. The molecule has 12 aromatic carbocycles. The van der Waals surface area contributed by atoms with Gasteiger partial charge in [0.05, 0.1) is 44.5 Å². The maximum absolute atomic E-state index is 10.3. The second-order valence-corrected chi connectivity index (χ2v) is 36.4. The number of hydrogen-bond donors (Lipinski definition) is 0. The van der Waals surface area contributed by atoms with E-state index in [4.69, 9.17) is 35.8 Å². The number of rotatable bonds is 43. The van der Waals surface area contributed by atoms with Crippen LogP contribution in [0.3, 0.4) is 0 Å². The molecule has 0 aliphatic carbocycles. The van der Waals surface area contributed by atoms with Gasteiger partial charge in [-0.25, -0.2) is 0 Å². The first-order valence-corrected chi connectivity index (χ1v) is 54.4. The minimum absolute atomic E-state index is 0.171. The summed E-state index contributed by atoms with van der Waals surface area (Å²) < 4.78 is 20.9. The molecule has 0 radical (unpaired) electrons. The van der Waals surface area contributed by atoms with E-state index in [9.17, 15) is 10.1 Å². The van der Waals surface area contributed by atoms with E-state index in [-0.39, 0.29) is 10.6 Å². The molecule has 0 aliphatic rings. The predicted octanol–water partition coefficient (Wildman–Crippen LogP) is 39.2. The summed E-state index contributed by atoms with van der Waals surface area (Å²) in [5.74, 6) is 4.90. The number of non-ortho nitro benzene ring substituents is 1. The summed E-state index contributed by atoms with van der Waals surface area (Å²) >= 11 is 5.67. The van der Waals surface area contributed by atoms with E-state index in [1.54, 1.807) is 33.5 Å². The molecule has 1 unspecified atom stereocenters. The number of methoxy groups -OCH3 is 3. The van der Waals surface area contributed by atoms with Crippen molar-refractivity contribution >= 4 is 17.3 Å². The fraction of sp³-hybridized carbons (Fsp3) is 0.447. The van der Waals surface area contributed by atoms with Gasteiger partial charge < -0.3 is 18.9 Å². The molecule has 141 heavy (non-hydrogen) atoms. The molecule has 9 heteroatoms. The van der Waals surface area contributed by atoms with Crippen molar-refractivity contribution in [3.8, 4) is 29.1 Å². The van der Waals surface area contributed by atoms with Gasteiger partial charge >= 0.3 is 0 Å². The molecule has 0 spiro atoms. The number of benzene rings is 12. The quantitative estimate of drug-likeness (QED) is 0.0213. The number of nitro groups is 1. The summed E-state index contributed by atoms with van der Waals surface area (Å²) in [4.78, 5) is 9.90. The average Bonchev–Trinajstić information content (AvgIpc) is 0.871. The highest BCUT2D eigenvalue weighted by Gasteiger charge is 2.08. The van der Waals surface area contributed by atoms with Gasteiger partial charge in [-0.3, -0.25) is 10.1 Å². The van der Waals surface area contributed by atoms with Crippen LogP contribution in [-0.4, -0.2) is 32.9 Å². The van der Waals surface area contributed by atoms with E-state index in [0.29, 0.717) is 5.92 Å². The minimum atomic E-state index is -0.376. The topological polar surface area (TPSA) is 104 Å². The van der Waals surface area contributed by atoms with Crippen molar-refractivity contribution in [3.63, 3.8) is 0 Å². The van der Waals surface area contributed by atoms with Crippen LogP contribution in [0, 0.1) is 21.4 Å². The number of nitrogens with zero attached hydrogens (tertiary/aromatic N) is 2. The molecule has 0 amide bonds. The van der Waals surface area contributed by atoms with Gasteiger partial charge in [0.2, 0.25) is 0 Å². The molecule has 0 saturated carbocycles. The molecule has 1 atom stereocenters. The highest BCUT2D eigenvalue weighted by Crippen LogP contribution is 2.28. The molecule has 8 nitrogen and oxygen atoms in total. The van der Waals surface area contributed by atoms with Crippen LogP contribution in [0.1, 0.15) is 367 Å². The standard InChI is InChI=1S/C21H36.C14H22O.C13H20.C12H18.C11H16.C10H14O2.C9H9N.C9H12O.C9H12.C8H9Cl.C8H9NO2.C8H10/c1-3-5-6-7-8-9-10-11-12-13-14-15-21-18-16-20(4-2)17-19-21;1-3-5-6-7-12-15-14-10-8-13(4-2)9-11-14;1-3-4-6-9-12(2)13-10-7-5-8-11-13;1-4-5-11-6-8-12(9-7-11)10(2)3;1-3-5-11-8-6-10(4-2)7-9-11;1-4-8-5-6-9(11-2)10(7-8)12-3;1-2-8-3-5-9(7-10)6-4-8;1-3-8-4-6-9(10-2)7-5-8;1-2-6-9-7-4-3-5-8-9;1-2-7-3-5-8(9)6-4-7;1-2-7-4-3-5-8(6-7)9(10)11;1-2-8-6-4-3-5-7-8/h16-19H,3-15H2,1-2H3;8-11H,3-7,12H2,1-2H3;5,7-8,10-12H,3-4,6,9H2,1-2H3;6-10H,4-5H2,1-3H3;6-9H,3-5H2,1-2H3;5-7H,4H2,1-3H3;3-6H,2H2,1H3;4-7H,3H2,1-2H3;3-5,7-8H,2,6H2,1H3;3-6H,2H2,1H3;3-6H,2H2,1H3;3-7H,2H2,1H3. The smallest absolute Gasteiger partial charge is 0.269 e. The molecule has 0 N–H and O–H groups in total. The van der Waals surface area contributed by atoms with Crippen LogP contribution < -0.4 is 18.9 Å². The van der Waals surface area contributed by atoms with Crippen LogP contribution in [0.15, 0.2) is 303 Å². The number of hydrogen-bond acceptors (Lipinski definition) is 7. The summed E-state index contributed by atoms with van der Waals surface area (Å²) in [7, 11) is 4.97. The SMILES string of the molecule is CCCCCC(C)c1ccccc1.CCCCCCCCCCCCCc1ccc(CC)cc1.CCCCCCOc1ccc(CC)cc1.CCCc1ccc(C(C)C)cc1.CCCc1ccc(CC)cc1.CCCc1ccccc1.CCc1ccc(C#N)cc1.CCc1ccc(Cl)cc1.CCc1ccc(OC)c(OC)c1.CCc1ccc(OC)cc1.CCc1cccc([N+](=O)[O-])c1.CCc1ccccc1. The van der Waals surface area contributed by atoms with Gasteiger partial charge in [-0.15, -0.1) is 0 Å². The summed E-state index contributed by atoms with van der Waals surface area (Å²) in [5.41, 5.74) is 21.6. The Morgan fingerprint density at radius 3 is 0.993 bits per heavy atom. The average molecular weight is 1930 g/mol. The molecule has 0 heterocycles. The molecule has 0 bridgehead atoms. The third-order valence-electron chi connectivity index (χ3n) is 24.3. The molecule has 768 valence electrons. The number of halogens is 1. The second kappa shape index (κ2) is 88.0. The minimum Gasteiger partial charge on any atom is -0.497 e. The summed E-state index contributed by atoms with van der Waals surface area (Å²) in [6.45, 7) is 40.2. The van der Waals surface area contributed by atoms with Gasteiger partial charge in [-0.05, 0) is 259 Å². The lowest BCUT2D eigenvalue weighted by Gasteiger charge is -2.10. The Kier molecular flexibility index (Phi) is 79.9. The highest BCUT2D eigenvalue weighted by molar-refractivity contribution is 6.30. The Morgan fingerprint density at radius 1 is 0.291 bits per heavy atom. The van der Waals surface area contributed by atoms with Gasteiger partial charge in [-0.1, -0.05) is 489 Å². The van der Waals surface area contributed by atoms with Crippen LogP contribution in [0.4, 0.5) is 5.69 Å². The van der Waals surface area contributed by atoms with Crippen molar-refractivity contribution in [3.05, 3.63) is 407 Å². The van der Waals surface area contributed by atoms with Crippen molar-refractivity contribution in [1.29, 1.82) is 5.26 Å². The van der Waals surface area contributed by atoms with Gasteiger partial charge in [-0.2, -0.15) is 5.26 Å². The first kappa shape index (κ1) is 128. The molecule has 12 aromatic rings. The molecule has 0 fully saturated rings. The number of nitro benzene ring substituents is 1. The Balaban J connectivity index is 0.000000776. The Bertz CT molecular complexity index is 4860. The van der Waals surface area contributed by atoms with Gasteiger partial charge in [0.15, 0.2) is 11.5 Å². The number of ether oxygens (including phenoxy) is 4. The third kappa shape index (κ3) is 65.7.